The van der Waals surface area contributed by atoms with Crippen LogP contribution in [0.2, 0.25) is 5.15 Å². The van der Waals surface area contributed by atoms with E-state index in [2.05, 4.69) is 9.97 Å². The average molecular weight is 186 g/mol. The number of nitrogens with two attached hydrogens (primary N) is 1. The van der Waals surface area contributed by atoms with Crippen LogP contribution in [-0.4, -0.2) is 15.9 Å². The minimum Gasteiger partial charge on any atom is -0.364 e. The van der Waals surface area contributed by atoms with Crippen LogP contribution in [0, 0.1) is 13.8 Å². The molecule has 64 valence electrons. The number of hydrogen-bond acceptors (Lipinski definition) is 3. The number of primary amides is 1. The Morgan fingerprint density at radius 2 is 1.83 bits per heavy atom. The van der Waals surface area contributed by atoms with E-state index in [0.29, 0.717) is 11.4 Å². The second kappa shape index (κ2) is 3.06. The Morgan fingerprint density at radius 3 is 2.33 bits per heavy atom. The molecule has 12 heavy (non-hydrogen) atoms. The van der Waals surface area contributed by atoms with Gasteiger partial charge in [0.1, 0.15) is 0 Å². The number of aryl methyl sites for hydroxylation is 2. The smallest absolute Gasteiger partial charge is 0.270 e. The summed E-state index contributed by atoms with van der Waals surface area (Å²) >= 11 is 5.62. The first-order valence-corrected chi connectivity index (χ1v) is 3.70. The van der Waals surface area contributed by atoms with Gasteiger partial charge in [0.05, 0.1) is 11.4 Å². The van der Waals surface area contributed by atoms with Crippen LogP contribution in [-0.2, 0) is 0 Å². The lowest BCUT2D eigenvalue weighted by molar-refractivity contribution is 0.0995. The Balaban J connectivity index is 3.33. The molecule has 0 aliphatic heterocycles. The van der Waals surface area contributed by atoms with E-state index in [1.807, 2.05) is 0 Å². The largest absolute Gasteiger partial charge is 0.364 e. The van der Waals surface area contributed by atoms with E-state index in [-0.39, 0.29) is 10.8 Å². The van der Waals surface area contributed by atoms with Crippen molar-refractivity contribution >= 4 is 17.5 Å². The molecule has 0 unspecified atom stereocenters. The first-order chi connectivity index (χ1) is 5.52. The van der Waals surface area contributed by atoms with Gasteiger partial charge in [0.2, 0.25) is 0 Å². The second-order valence-electron chi connectivity index (χ2n) is 2.40. The zero-order valence-corrected chi connectivity index (χ0v) is 7.51. The standard InChI is InChI=1S/C7H8ClN3O/c1-3-4(2)11-6(8)5(10-3)7(9)12/h1-2H3,(H2,9,12). The van der Waals surface area contributed by atoms with Gasteiger partial charge in [0, 0.05) is 0 Å². The van der Waals surface area contributed by atoms with E-state index in [1.165, 1.54) is 0 Å². The fourth-order valence-electron chi connectivity index (χ4n) is 0.733. The maximum absolute atomic E-state index is 10.7. The maximum atomic E-state index is 10.7. The SMILES string of the molecule is Cc1nc(Cl)c(C(N)=O)nc1C. The highest BCUT2D eigenvalue weighted by atomic mass is 35.5. The molecular formula is C7H8ClN3O. The summed E-state index contributed by atoms with van der Waals surface area (Å²) in [7, 11) is 0. The summed E-state index contributed by atoms with van der Waals surface area (Å²) in [6.45, 7) is 3.50. The summed E-state index contributed by atoms with van der Waals surface area (Å²) < 4.78 is 0. The molecule has 0 saturated carbocycles. The van der Waals surface area contributed by atoms with Crippen LogP contribution in [0.25, 0.3) is 0 Å². The normalized spacial score (nSPS) is 9.92. The van der Waals surface area contributed by atoms with E-state index in [4.69, 9.17) is 17.3 Å². The van der Waals surface area contributed by atoms with Gasteiger partial charge in [0.25, 0.3) is 5.91 Å². The Hall–Kier alpha value is -1.16. The van der Waals surface area contributed by atoms with Crippen molar-refractivity contribution in [3.63, 3.8) is 0 Å². The number of aromatic nitrogens is 2. The molecule has 1 rings (SSSR count). The zero-order valence-electron chi connectivity index (χ0n) is 6.76. The molecule has 1 aromatic heterocycles. The summed E-state index contributed by atoms with van der Waals surface area (Å²) in [5.41, 5.74) is 6.39. The lowest BCUT2D eigenvalue weighted by Crippen LogP contribution is -2.15. The molecule has 2 N–H and O–H groups in total. The van der Waals surface area contributed by atoms with Crippen LogP contribution in [0.5, 0.6) is 0 Å². The molecule has 0 radical (unpaired) electrons. The van der Waals surface area contributed by atoms with Crippen molar-refractivity contribution in [3.8, 4) is 0 Å². The molecule has 0 aliphatic carbocycles. The third-order valence-corrected chi connectivity index (χ3v) is 1.76. The molecule has 0 atom stereocenters. The quantitative estimate of drug-likeness (QED) is 0.705. The van der Waals surface area contributed by atoms with Crippen LogP contribution in [0.15, 0.2) is 0 Å². The summed E-state index contributed by atoms with van der Waals surface area (Å²) in [5, 5.41) is 0.0607. The van der Waals surface area contributed by atoms with Gasteiger partial charge in [-0.3, -0.25) is 4.79 Å². The van der Waals surface area contributed by atoms with Crippen molar-refractivity contribution < 1.29 is 4.79 Å². The summed E-state index contributed by atoms with van der Waals surface area (Å²) in [6.07, 6.45) is 0. The van der Waals surface area contributed by atoms with E-state index in [9.17, 15) is 4.79 Å². The van der Waals surface area contributed by atoms with Gasteiger partial charge in [-0.05, 0) is 13.8 Å². The minimum absolute atomic E-state index is 0.0276. The lowest BCUT2D eigenvalue weighted by Gasteiger charge is -2.01. The van der Waals surface area contributed by atoms with E-state index in [0.717, 1.165) is 0 Å². The number of halogens is 1. The third kappa shape index (κ3) is 1.53. The molecule has 5 heteroatoms. The van der Waals surface area contributed by atoms with Crippen molar-refractivity contribution in [2.45, 2.75) is 13.8 Å². The van der Waals surface area contributed by atoms with Crippen LogP contribution in [0.3, 0.4) is 0 Å². The fraction of sp³-hybridized carbons (Fsp3) is 0.286. The van der Waals surface area contributed by atoms with Gasteiger partial charge in [-0.25, -0.2) is 9.97 Å². The maximum Gasteiger partial charge on any atom is 0.270 e. The molecule has 0 bridgehead atoms. The van der Waals surface area contributed by atoms with Crippen molar-refractivity contribution in [3.05, 3.63) is 22.2 Å². The highest BCUT2D eigenvalue weighted by molar-refractivity contribution is 6.32. The fourth-order valence-corrected chi connectivity index (χ4v) is 0.995. The lowest BCUT2D eigenvalue weighted by atomic mass is 10.3. The molecule has 0 fully saturated rings. The highest BCUT2D eigenvalue weighted by Gasteiger charge is 2.11. The van der Waals surface area contributed by atoms with Gasteiger partial charge >= 0.3 is 0 Å². The van der Waals surface area contributed by atoms with Crippen molar-refractivity contribution in [2.75, 3.05) is 0 Å². The van der Waals surface area contributed by atoms with E-state index < -0.39 is 5.91 Å². The second-order valence-corrected chi connectivity index (χ2v) is 2.76. The number of amides is 1. The van der Waals surface area contributed by atoms with Gasteiger partial charge in [-0.15, -0.1) is 0 Å². The van der Waals surface area contributed by atoms with Gasteiger partial charge in [-0.1, -0.05) is 11.6 Å². The molecule has 1 heterocycles. The van der Waals surface area contributed by atoms with E-state index >= 15 is 0 Å². The molecule has 1 amide bonds. The van der Waals surface area contributed by atoms with Crippen LogP contribution < -0.4 is 5.73 Å². The summed E-state index contributed by atoms with van der Waals surface area (Å²) in [5.74, 6) is -0.657. The monoisotopic (exact) mass is 185 g/mol. The first kappa shape index (κ1) is 8.93. The summed E-state index contributed by atoms with van der Waals surface area (Å²) in [6, 6.07) is 0. The zero-order chi connectivity index (χ0) is 9.30. The van der Waals surface area contributed by atoms with Crippen molar-refractivity contribution in [1.82, 2.24) is 9.97 Å². The number of rotatable bonds is 1. The van der Waals surface area contributed by atoms with Gasteiger partial charge in [0.15, 0.2) is 10.8 Å². The molecule has 0 spiro atoms. The molecule has 0 saturated heterocycles. The van der Waals surface area contributed by atoms with Gasteiger partial charge < -0.3 is 5.73 Å². The van der Waals surface area contributed by atoms with Crippen molar-refractivity contribution in [1.29, 1.82) is 0 Å². The van der Waals surface area contributed by atoms with E-state index in [1.54, 1.807) is 13.8 Å². The topological polar surface area (TPSA) is 68.9 Å². The molecular weight excluding hydrogens is 178 g/mol. The molecule has 4 nitrogen and oxygen atoms in total. The number of hydrogen-bond donors (Lipinski definition) is 1. The highest BCUT2D eigenvalue weighted by Crippen LogP contribution is 2.12. The third-order valence-electron chi connectivity index (χ3n) is 1.50. The Bertz CT molecular complexity index is 338. The average Bonchev–Trinajstić information content (AvgIpc) is 1.96. The Kier molecular flexibility index (Phi) is 2.28. The number of carbonyl (C=O) groups excluding carboxylic acids is 1. The molecule has 0 aliphatic rings. The molecule has 0 aromatic carbocycles. The number of nitrogens with zero attached hydrogens (tertiary/aromatic N) is 2. The van der Waals surface area contributed by atoms with Crippen LogP contribution in [0.1, 0.15) is 21.9 Å². The summed E-state index contributed by atoms with van der Waals surface area (Å²) in [4.78, 5) is 18.5. The van der Waals surface area contributed by atoms with Gasteiger partial charge in [-0.2, -0.15) is 0 Å². The molecule has 1 aromatic rings. The van der Waals surface area contributed by atoms with Crippen LogP contribution in [0.4, 0.5) is 0 Å². The number of carbonyl (C=O) groups is 1. The predicted octanol–water partition coefficient (Wildman–Crippen LogP) is 0.846. The van der Waals surface area contributed by atoms with Crippen LogP contribution >= 0.6 is 11.6 Å². The Labute approximate surface area is 74.8 Å². The minimum atomic E-state index is -0.657. The first-order valence-electron chi connectivity index (χ1n) is 3.33. The Morgan fingerprint density at radius 1 is 1.33 bits per heavy atom. The predicted molar refractivity (Wildman–Crippen MR) is 45.0 cm³/mol. The van der Waals surface area contributed by atoms with Crippen molar-refractivity contribution in [2.24, 2.45) is 5.73 Å².